The Morgan fingerprint density at radius 2 is 1.76 bits per heavy atom. The molecule has 0 saturated heterocycles. The van der Waals surface area contributed by atoms with Gasteiger partial charge in [0.1, 0.15) is 5.75 Å². The molecule has 0 radical (unpaired) electrons. The van der Waals surface area contributed by atoms with Crippen molar-refractivity contribution in [3.63, 3.8) is 0 Å². The van der Waals surface area contributed by atoms with Gasteiger partial charge in [0.25, 0.3) is 5.91 Å². The molecule has 3 heteroatoms. The number of hydrogen-bond acceptors (Lipinski definition) is 2. The van der Waals surface area contributed by atoms with Crippen LogP contribution in [0, 0.1) is 6.92 Å². The zero-order valence-corrected chi connectivity index (χ0v) is 9.47. The Bertz CT molecular complexity index is 515. The van der Waals surface area contributed by atoms with Gasteiger partial charge in [-0.3, -0.25) is 4.79 Å². The van der Waals surface area contributed by atoms with Crippen LogP contribution in [0.4, 0.5) is 5.69 Å². The van der Waals surface area contributed by atoms with Crippen LogP contribution in [0.5, 0.6) is 5.75 Å². The summed E-state index contributed by atoms with van der Waals surface area (Å²) >= 11 is 0. The molecule has 3 nitrogen and oxygen atoms in total. The number of carbonyl (C=O) groups excluding carboxylic acids is 1. The molecule has 86 valence electrons. The van der Waals surface area contributed by atoms with Crippen LogP contribution in [0.25, 0.3) is 0 Å². The average molecular weight is 227 g/mol. The molecule has 0 spiro atoms. The first-order valence-corrected chi connectivity index (χ1v) is 5.33. The van der Waals surface area contributed by atoms with E-state index in [-0.39, 0.29) is 11.7 Å². The lowest BCUT2D eigenvalue weighted by atomic mass is 10.1. The van der Waals surface area contributed by atoms with Crippen molar-refractivity contribution in [1.82, 2.24) is 0 Å². The van der Waals surface area contributed by atoms with Crippen molar-refractivity contribution in [2.45, 2.75) is 6.92 Å². The molecule has 2 N–H and O–H groups in total. The smallest absolute Gasteiger partial charge is 0.259 e. The van der Waals surface area contributed by atoms with Gasteiger partial charge in [0.15, 0.2) is 0 Å². The maximum absolute atomic E-state index is 12.0. The number of aromatic hydroxyl groups is 1. The lowest BCUT2D eigenvalue weighted by molar-refractivity contribution is 0.102. The van der Waals surface area contributed by atoms with Crippen LogP contribution in [-0.2, 0) is 0 Å². The average Bonchev–Trinajstić information content (AvgIpc) is 2.30. The highest BCUT2D eigenvalue weighted by Crippen LogP contribution is 2.21. The number of anilines is 1. The summed E-state index contributed by atoms with van der Waals surface area (Å²) in [5, 5.41) is 12.4. The Morgan fingerprint density at radius 1 is 1.06 bits per heavy atom. The van der Waals surface area contributed by atoms with Crippen molar-refractivity contribution in [3.8, 4) is 5.75 Å². The third kappa shape index (κ3) is 2.45. The summed E-state index contributed by atoms with van der Waals surface area (Å²) in [4.78, 5) is 12.0. The van der Waals surface area contributed by atoms with Crippen molar-refractivity contribution < 1.29 is 9.90 Å². The lowest BCUT2D eigenvalue weighted by Crippen LogP contribution is -2.13. The zero-order valence-electron chi connectivity index (χ0n) is 9.47. The highest BCUT2D eigenvalue weighted by atomic mass is 16.3. The first kappa shape index (κ1) is 11.2. The van der Waals surface area contributed by atoms with Gasteiger partial charge in [-0.15, -0.1) is 0 Å². The number of phenolic OH excluding ortho intramolecular Hbond substituents is 1. The molecule has 0 aromatic heterocycles. The number of para-hydroxylation sites is 1. The van der Waals surface area contributed by atoms with E-state index in [1.165, 1.54) is 6.07 Å². The van der Waals surface area contributed by atoms with Gasteiger partial charge in [0.05, 0.1) is 5.56 Å². The molecule has 0 heterocycles. The number of rotatable bonds is 2. The standard InChI is InChI=1S/C14H13NO2/c1-10-6-5-9-12(16)13(10)14(17)15-11-7-3-2-4-8-11/h2-9,16H,1H3,(H,15,17). The SMILES string of the molecule is Cc1cccc(O)c1C(=O)Nc1ccccc1. The van der Waals surface area contributed by atoms with E-state index in [1.54, 1.807) is 31.2 Å². The summed E-state index contributed by atoms with van der Waals surface area (Å²) in [5.74, 6) is -0.301. The summed E-state index contributed by atoms with van der Waals surface area (Å²) in [6.07, 6.45) is 0. The lowest BCUT2D eigenvalue weighted by Gasteiger charge is -2.09. The number of carbonyl (C=O) groups is 1. The fourth-order valence-electron chi connectivity index (χ4n) is 1.66. The van der Waals surface area contributed by atoms with Crippen LogP contribution in [-0.4, -0.2) is 11.0 Å². The van der Waals surface area contributed by atoms with E-state index in [9.17, 15) is 9.90 Å². The zero-order chi connectivity index (χ0) is 12.3. The topological polar surface area (TPSA) is 49.3 Å². The highest BCUT2D eigenvalue weighted by molar-refractivity contribution is 6.07. The predicted molar refractivity (Wildman–Crippen MR) is 67.2 cm³/mol. The summed E-state index contributed by atoms with van der Waals surface area (Å²) in [7, 11) is 0. The molecule has 17 heavy (non-hydrogen) atoms. The van der Waals surface area contributed by atoms with Gasteiger partial charge in [-0.1, -0.05) is 30.3 Å². The molecule has 0 atom stereocenters. The summed E-state index contributed by atoms with van der Waals surface area (Å²) in [6.45, 7) is 1.79. The van der Waals surface area contributed by atoms with Gasteiger partial charge >= 0.3 is 0 Å². The number of aryl methyl sites for hydroxylation is 1. The summed E-state index contributed by atoms with van der Waals surface area (Å²) in [6, 6.07) is 14.2. The Kier molecular flexibility index (Phi) is 3.10. The molecule has 1 amide bonds. The van der Waals surface area contributed by atoms with Gasteiger partial charge < -0.3 is 10.4 Å². The first-order chi connectivity index (χ1) is 8.18. The molecule has 0 aliphatic heterocycles. The second-order valence-corrected chi connectivity index (χ2v) is 3.79. The second kappa shape index (κ2) is 4.70. The third-order valence-corrected chi connectivity index (χ3v) is 2.51. The fourth-order valence-corrected chi connectivity index (χ4v) is 1.66. The van der Waals surface area contributed by atoms with Crippen LogP contribution < -0.4 is 5.32 Å². The van der Waals surface area contributed by atoms with Crippen molar-refractivity contribution >= 4 is 11.6 Å². The number of amides is 1. The molecule has 2 aromatic rings. The van der Waals surface area contributed by atoms with E-state index < -0.39 is 0 Å². The molecule has 0 saturated carbocycles. The Balaban J connectivity index is 2.27. The van der Waals surface area contributed by atoms with Gasteiger partial charge in [0.2, 0.25) is 0 Å². The van der Waals surface area contributed by atoms with Gasteiger partial charge in [-0.25, -0.2) is 0 Å². The van der Waals surface area contributed by atoms with Gasteiger partial charge in [-0.2, -0.15) is 0 Å². The van der Waals surface area contributed by atoms with E-state index in [1.807, 2.05) is 18.2 Å². The Labute approximate surface area is 99.7 Å². The van der Waals surface area contributed by atoms with Crippen LogP contribution in [0.15, 0.2) is 48.5 Å². The second-order valence-electron chi connectivity index (χ2n) is 3.79. The van der Waals surface area contributed by atoms with Crippen molar-refractivity contribution in [2.24, 2.45) is 0 Å². The Hall–Kier alpha value is -2.29. The minimum absolute atomic E-state index is 0.00145. The molecule has 0 aliphatic rings. The maximum atomic E-state index is 12.0. The van der Waals surface area contributed by atoms with Crippen molar-refractivity contribution in [3.05, 3.63) is 59.7 Å². The molecular formula is C14H13NO2. The normalized spacial score (nSPS) is 9.94. The molecule has 2 aromatic carbocycles. The summed E-state index contributed by atoms with van der Waals surface area (Å²) < 4.78 is 0. The van der Waals surface area contributed by atoms with Crippen LogP contribution in [0.3, 0.4) is 0 Å². The van der Waals surface area contributed by atoms with E-state index in [0.717, 1.165) is 5.56 Å². The van der Waals surface area contributed by atoms with Crippen molar-refractivity contribution in [1.29, 1.82) is 0 Å². The molecular weight excluding hydrogens is 214 g/mol. The minimum atomic E-state index is -0.299. The van der Waals surface area contributed by atoms with Crippen LogP contribution >= 0.6 is 0 Å². The highest BCUT2D eigenvalue weighted by Gasteiger charge is 2.13. The van der Waals surface area contributed by atoms with Crippen LogP contribution in [0.1, 0.15) is 15.9 Å². The predicted octanol–water partition coefficient (Wildman–Crippen LogP) is 2.95. The van der Waals surface area contributed by atoms with E-state index in [2.05, 4.69) is 5.32 Å². The number of nitrogens with one attached hydrogen (secondary N) is 1. The molecule has 0 bridgehead atoms. The third-order valence-electron chi connectivity index (χ3n) is 2.51. The first-order valence-electron chi connectivity index (χ1n) is 5.33. The molecule has 0 fully saturated rings. The number of benzene rings is 2. The fraction of sp³-hybridized carbons (Fsp3) is 0.0714. The quantitative estimate of drug-likeness (QED) is 0.828. The number of hydrogen-bond donors (Lipinski definition) is 2. The number of phenols is 1. The molecule has 2 rings (SSSR count). The monoisotopic (exact) mass is 227 g/mol. The molecule has 0 unspecified atom stereocenters. The van der Waals surface area contributed by atoms with E-state index >= 15 is 0 Å². The summed E-state index contributed by atoms with van der Waals surface area (Å²) in [5.41, 5.74) is 1.77. The minimum Gasteiger partial charge on any atom is -0.507 e. The van der Waals surface area contributed by atoms with Crippen LogP contribution in [0.2, 0.25) is 0 Å². The van der Waals surface area contributed by atoms with Gasteiger partial charge in [-0.05, 0) is 30.7 Å². The van der Waals surface area contributed by atoms with Crippen molar-refractivity contribution in [2.75, 3.05) is 5.32 Å². The molecule has 0 aliphatic carbocycles. The van der Waals surface area contributed by atoms with E-state index in [0.29, 0.717) is 11.3 Å². The van der Waals surface area contributed by atoms with Gasteiger partial charge in [0, 0.05) is 5.69 Å². The largest absolute Gasteiger partial charge is 0.507 e. The maximum Gasteiger partial charge on any atom is 0.259 e. The Morgan fingerprint density at radius 3 is 2.41 bits per heavy atom. The van der Waals surface area contributed by atoms with E-state index in [4.69, 9.17) is 0 Å².